The van der Waals surface area contributed by atoms with Crippen molar-refractivity contribution in [3.63, 3.8) is 0 Å². The molecule has 0 unspecified atom stereocenters. The number of hydrogen-bond donors (Lipinski definition) is 1. The lowest BCUT2D eigenvalue weighted by atomic mass is 9.99. The fourth-order valence-electron chi connectivity index (χ4n) is 1.66. The molecule has 0 amide bonds. The van der Waals surface area contributed by atoms with Crippen molar-refractivity contribution in [3.05, 3.63) is 0 Å². The van der Waals surface area contributed by atoms with Crippen LogP contribution in [0.4, 0.5) is 0 Å². The van der Waals surface area contributed by atoms with E-state index in [0.717, 1.165) is 39.1 Å². The number of ether oxygens (including phenoxy) is 1. The third-order valence-electron chi connectivity index (χ3n) is 2.31. The van der Waals surface area contributed by atoms with Crippen molar-refractivity contribution in [1.29, 1.82) is 0 Å². The molecule has 0 aromatic rings. The topological polar surface area (TPSA) is 33.6 Å². The van der Waals surface area contributed by atoms with E-state index < -0.39 is 0 Å². The number of aliphatic imine (C=N–C) groups is 1. The molecule has 0 spiro atoms. The van der Waals surface area contributed by atoms with Crippen molar-refractivity contribution in [2.45, 2.75) is 12.8 Å². The van der Waals surface area contributed by atoms with Gasteiger partial charge in [0.1, 0.15) is 0 Å². The Labute approximate surface area is 66.8 Å². The Morgan fingerprint density at radius 1 is 1.36 bits per heavy atom. The molecule has 3 heteroatoms. The second kappa shape index (κ2) is 3.22. The largest absolute Gasteiger partial charge is 0.381 e. The van der Waals surface area contributed by atoms with Gasteiger partial charge in [-0.3, -0.25) is 4.99 Å². The van der Waals surface area contributed by atoms with Crippen LogP contribution in [0.3, 0.4) is 0 Å². The van der Waals surface area contributed by atoms with E-state index in [1.807, 2.05) is 0 Å². The smallest absolute Gasteiger partial charge is 0.0997 e. The molecule has 2 aliphatic rings. The molecule has 2 aliphatic heterocycles. The summed E-state index contributed by atoms with van der Waals surface area (Å²) < 4.78 is 5.28. The lowest BCUT2D eigenvalue weighted by molar-refractivity contribution is 0.0822. The second-order valence-corrected chi connectivity index (χ2v) is 3.08. The van der Waals surface area contributed by atoms with Gasteiger partial charge in [-0.1, -0.05) is 0 Å². The van der Waals surface area contributed by atoms with Crippen LogP contribution < -0.4 is 5.32 Å². The van der Waals surface area contributed by atoms with E-state index in [9.17, 15) is 0 Å². The monoisotopic (exact) mass is 154 g/mol. The predicted octanol–water partition coefficient (Wildman–Crippen LogP) is 0.415. The molecule has 0 aromatic carbocycles. The molecular weight excluding hydrogens is 140 g/mol. The fraction of sp³-hybridized carbons (Fsp3) is 0.875. The molecule has 2 heterocycles. The molecule has 1 fully saturated rings. The van der Waals surface area contributed by atoms with Crippen LogP contribution in [0.1, 0.15) is 12.8 Å². The van der Waals surface area contributed by atoms with Crippen LogP contribution in [-0.4, -0.2) is 32.1 Å². The van der Waals surface area contributed by atoms with E-state index in [-0.39, 0.29) is 0 Å². The molecule has 0 bridgehead atoms. The first-order chi connectivity index (χ1) is 5.47. The maximum absolute atomic E-state index is 5.28. The van der Waals surface area contributed by atoms with Crippen molar-refractivity contribution in [2.24, 2.45) is 10.9 Å². The lowest BCUT2D eigenvalue weighted by Crippen LogP contribution is -2.31. The maximum Gasteiger partial charge on any atom is 0.0997 e. The number of nitrogens with zero attached hydrogens (tertiary/aromatic N) is 1. The van der Waals surface area contributed by atoms with Gasteiger partial charge in [-0.25, -0.2) is 0 Å². The summed E-state index contributed by atoms with van der Waals surface area (Å²) in [5.41, 5.74) is 0. The van der Waals surface area contributed by atoms with Crippen LogP contribution in [0.5, 0.6) is 0 Å². The zero-order valence-corrected chi connectivity index (χ0v) is 6.68. The van der Waals surface area contributed by atoms with Crippen molar-refractivity contribution >= 4 is 5.84 Å². The third-order valence-corrected chi connectivity index (χ3v) is 2.31. The molecule has 0 aromatic heterocycles. The van der Waals surface area contributed by atoms with Crippen LogP contribution in [-0.2, 0) is 4.74 Å². The first kappa shape index (κ1) is 7.10. The standard InChI is InChI=1S/C8H14N2O/c1-5-11-6-2-7(1)8-9-3-4-10-8/h7H,1-6H2,(H,9,10). The Balaban J connectivity index is 1.92. The summed E-state index contributed by atoms with van der Waals surface area (Å²) in [6.07, 6.45) is 2.29. The second-order valence-electron chi connectivity index (χ2n) is 3.08. The zero-order valence-electron chi connectivity index (χ0n) is 6.68. The Morgan fingerprint density at radius 3 is 2.82 bits per heavy atom. The average Bonchev–Trinajstić information content (AvgIpc) is 2.58. The SMILES string of the molecule is C1CNC(C2CCOCC2)=N1. The van der Waals surface area contributed by atoms with Gasteiger partial charge < -0.3 is 10.1 Å². The van der Waals surface area contributed by atoms with Gasteiger partial charge in [-0.05, 0) is 12.8 Å². The molecule has 0 radical (unpaired) electrons. The molecule has 0 aliphatic carbocycles. The van der Waals surface area contributed by atoms with Crippen molar-refractivity contribution in [3.8, 4) is 0 Å². The van der Waals surface area contributed by atoms with Gasteiger partial charge in [0, 0.05) is 25.7 Å². The van der Waals surface area contributed by atoms with E-state index in [1.165, 1.54) is 5.84 Å². The van der Waals surface area contributed by atoms with E-state index in [1.54, 1.807) is 0 Å². The Morgan fingerprint density at radius 2 is 2.18 bits per heavy atom. The summed E-state index contributed by atoms with van der Waals surface area (Å²) in [6.45, 7) is 3.82. The molecule has 1 saturated heterocycles. The van der Waals surface area contributed by atoms with Crippen LogP contribution in [0.15, 0.2) is 4.99 Å². The van der Waals surface area contributed by atoms with Crippen molar-refractivity contribution in [2.75, 3.05) is 26.3 Å². The molecule has 0 atom stereocenters. The number of rotatable bonds is 1. The quantitative estimate of drug-likeness (QED) is 0.593. The number of hydrogen-bond acceptors (Lipinski definition) is 3. The molecular formula is C8H14N2O. The normalized spacial score (nSPS) is 26.4. The van der Waals surface area contributed by atoms with E-state index in [2.05, 4.69) is 10.3 Å². The minimum atomic E-state index is 0.659. The summed E-state index contributed by atoms with van der Waals surface area (Å²) in [4.78, 5) is 4.41. The fourth-order valence-corrected chi connectivity index (χ4v) is 1.66. The Kier molecular flexibility index (Phi) is 2.08. The van der Waals surface area contributed by atoms with Gasteiger partial charge in [-0.2, -0.15) is 0 Å². The predicted molar refractivity (Wildman–Crippen MR) is 43.8 cm³/mol. The first-order valence-electron chi connectivity index (χ1n) is 4.33. The highest BCUT2D eigenvalue weighted by atomic mass is 16.5. The maximum atomic E-state index is 5.28. The number of nitrogens with one attached hydrogen (secondary N) is 1. The lowest BCUT2D eigenvalue weighted by Gasteiger charge is -2.21. The van der Waals surface area contributed by atoms with Crippen molar-refractivity contribution in [1.82, 2.24) is 5.32 Å². The summed E-state index contributed by atoms with van der Waals surface area (Å²) in [5.74, 6) is 1.89. The average molecular weight is 154 g/mol. The van der Waals surface area contributed by atoms with E-state index in [0.29, 0.717) is 5.92 Å². The minimum absolute atomic E-state index is 0.659. The van der Waals surface area contributed by atoms with Gasteiger partial charge >= 0.3 is 0 Å². The van der Waals surface area contributed by atoms with Crippen LogP contribution >= 0.6 is 0 Å². The molecule has 1 N–H and O–H groups in total. The zero-order chi connectivity index (χ0) is 7.52. The molecule has 3 nitrogen and oxygen atoms in total. The molecule has 2 rings (SSSR count). The van der Waals surface area contributed by atoms with Crippen LogP contribution in [0.25, 0.3) is 0 Å². The van der Waals surface area contributed by atoms with Gasteiger partial charge in [0.15, 0.2) is 0 Å². The van der Waals surface area contributed by atoms with E-state index in [4.69, 9.17) is 4.74 Å². The summed E-state index contributed by atoms with van der Waals surface area (Å²) in [6, 6.07) is 0. The molecule has 11 heavy (non-hydrogen) atoms. The van der Waals surface area contributed by atoms with E-state index >= 15 is 0 Å². The molecule has 62 valence electrons. The highest BCUT2D eigenvalue weighted by molar-refractivity contribution is 5.85. The van der Waals surface area contributed by atoms with Crippen LogP contribution in [0, 0.1) is 5.92 Å². The first-order valence-corrected chi connectivity index (χ1v) is 4.33. The van der Waals surface area contributed by atoms with Crippen molar-refractivity contribution < 1.29 is 4.74 Å². The van der Waals surface area contributed by atoms with Gasteiger partial charge in [-0.15, -0.1) is 0 Å². The highest BCUT2D eigenvalue weighted by Gasteiger charge is 2.20. The van der Waals surface area contributed by atoms with Gasteiger partial charge in [0.25, 0.3) is 0 Å². The summed E-state index contributed by atoms with van der Waals surface area (Å²) in [7, 11) is 0. The van der Waals surface area contributed by atoms with Gasteiger partial charge in [0.2, 0.25) is 0 Å². The molecule has 0 saturated carbocycles. The third kappa shape index (κ3) is 1.53. The summed E-state index contributed by atoms with van der Waals surface area (Å²) >= 11 is 0. The minimum Gasteiger partial charge on any atom is -0.381 e. The number of amidine groups is 1. The Hall–Kier alpha value is -0.570. The highest BCUT2D eigenvalue weighted by Crippen LogP contribution is 2.16. The van der Waals surface area contributed by atoms with Crippen LogP contribution in [0.2, 0.25) is 0 Å². The Bertz CT molecular complexity index is 161. The summed E-state index contributed by atoms with van der Waals surface area (Å²) in [5, 5.41) is 3.32. The van der Waals surface area contributed by atoms with Gasteiger partial charge in [0.05, 0.1) is 12.4 Å².